The number of furan rings is 1. The van der Waals surface area contributed by atoms with Crippen molar-refractivity contribution in [2.45, 2.75) is 18.6 Å². The van der Waals surface area contributed by atoms with Gasteiger partial charge in [-0.25, -0.2) is 0 Å². The molecule has 0 unspecified atom stereocenters. The highest BCUT2D eigenvalue weighted by molar-refractivity contribution is 5.77. The highest BCUT2D eigenvalue weighted by Gasteiger charge is 2.41. The summed E-state index contributed by atoms with van der Waals surface area (Å²) in [6.45, 7) is 1.76. The van der Waals surface area contributed by atoms with Gasteiger partial charge in [0.1, 0.15) is 16.9 Å². The number of hydrogen-bond acceptors (Lipinski definition) is 4. The number of fused-ring (bicyclic) bond motifs is 1. The summed E-state index contributed by atoms with van der Waals surface area (Å²) in [4.78, 5) is 2.08. The predicted molar refractivity (Wildman–Crippen MR) is 66.7 cm³/mol. The van der Waals surface area contributed by atoms with Crippen molar-refractivity contribution in [3.05, 3.63) is 36.1 Å². The van der Waals surface area contributed by atoms with Crippen LogP contribution in [0.15, 0.2) is 34.7 Å². The summed E-state index contributed by atoms with van der Waals surface area (Å²) >= 11 is 0. The lowest BCUT2D eigenvalue weighted by Gasteiger charge is -2.44. The molecule has 0 amide bonds. The molecular formula is C14H14N2O2. The molecule has 1 aromatic carbocycles. The molecule has 1 aliphatic heterocycles. The maximum absolute atomic E-state index is 9.90. The van der Waals surface area contributed by atoms with E-state index in [4.69, 9.17) is 9.68 Å². The van der Waals surface area contributed by atoms with Crippen molar-refractivity contribution in [1.82, 2.24) is 4.90 Å². The van der Waals surface area contributed by atoms with E-state index in [0.29, 0.717) is 19.6 Å². The third kappa shape index (κ3) is 1.99. The van der Waals surface area contributed by atoms with Crippen LogP contribution in [0.3, 0.4) is 0 Å². The van der Waals surface area contributed by atoms with Crippen LogP contribution < -0.4 is 0 Å². The van der Waals surface area contributed by atoms with Crippen LogP contribution in [0.25, 0.3) is 11.0 Å². The first-order valence-electron chi connectivity index (χ1n) is 5.98. The molecule has 1 saturated heterocycles. The van der Waals surface area contributed by atoms with Crippen LogP contribution in [0.4, 0.5) is 0 Å². The van der Waals surface area contributed by atoms with Crippen LogP contribution >= 0.6 is 0 Å². The van der Waals surface area contributed by atoms with Crippen molar-refractivity contribution >= 4 is 11.0 Å². The van der Waals surface area contributed by atoms with Crippen molar-refractivity contribution in [3.8, 4) is 6.07 Å². The summed E-state index contributed by atoms with van der Waals surface area (Å²) in [7, 11) is 0. The standard InChI is InChI=1S/C14H14N2O2/c15-6-5-14(17)9-16(10-14)8-12-7-11-3-1-2-4-13(11)18-12/h1-4,7,17H,5,8-10H2. The minimum absolute atomic E-state index is 0.198. The van der Waals surface area contributed by atoms with E-state index in [0.717, 1.165) is 16.7 Å². The smallest absolute Gasteiger partial charge is 0.134 e. The lowest BCUT2D eigenvalue weighted by atomic mass is 9.91. The highest BCUT2D eigenvalue weighted by atomic mass is 16.3. The van der Waals surface area contributed by atoms with Crippen LogP contribution in [0.5, 0.6) is 0 Å². The Morgan fingerprint density at radius 1 is 1.39 bits per heavy atom. The van der Waals surface area contributed by atoms with Gasteiger partial charge in [-0.15, -0.1) is 0 Å². The third-order valence-electron chi connectivity index (χ3n) is 3.30. The Hall–Kier alpha value is -1.83. The monoisotopic (exact) mass is 242 g/mol. The number of likely N-dealkylation sites (tertiary alicyclic amines) is 1. The second-order valence-corrected chi connectivity index (χ2v) is 4.95. The molecule has 4 heteroatoms. The minimum Gasteiger partial charge on any atom is -0.460 e. The number of nitriles is 1. The van der Waals surface area contributed by atoms with Gasteiger partial charge in [-0.05, 0) is 12.1 Å². The zero-order chi connectivity index (χ0) is 12.6. The summed E-state index contributed by atoms with van der Waals surface area (Å²) < 4.78 is 5.71. The first-order chi connectivity index (χ1) is 8.68. The number of benzene rings is 1. The van der Waals surface area contributed by atoms with Crippen LogP contribution in [-0.2, 0) is 6.54 Å². The van der Waals surface area contributed by atoms with Gasteiger partial charge in [0.05, 0.1) is 19.0 Å². The van der Waals surface area contributed by atoms with Crippen LogP contribution in [0.1, 0.15) is 12.2 Å². The van der Waals surface area contributed by atoms with Crippen molar-refractivity contribution in [2.75, 3.05) is 13.1 Å². The molecule has 0 saturated carbocycles. The Morgan fingerprint density at radius 2 is 2.17 bits per heavy atom. The van der Waals surface area contributed by atoms with Crippen molar-refractivity contribution in [1.29, 1.82) is 5.26 Å². The molecule has 2 heterocycles. The van der Waals surface area contributed by atoms with Gasteiger partial charge in [0.15, 0.2) is 0 Å². The highest BCUT2D eigenvalue weighted by Crippen LogP contribution is 2.27. The fourth-order valence-corrected chi connectivity index (χ4v) is 2.49. The van der Waals surface area contributed by atoms with Crippen molar-refractivity contribution in [3.63, 3.8) is 0 Å². The number of β-amino-alcohol motifs (C(OH)–C–C–N with tert-alkyl or cyclic N) is 1. The molecule has 0 bridgehead atoms. The molecule has 0 atom stereocenters. The topological polar surface area (TPSA) is 60.4 Å². The van der Waals surface area contributed by atoms with E-state index >= 15 is 0 Å². The summed E-state index contributed by atoms with van der Waals surface area (Å²) in [6, 6.07) is 11.9. The van der Waals surface area contributed by atoms with Gasteiger partial charge >= 0.3 is 0 Å². The second-order valence-electron chi connectivity index (χ2n) is 4.95. The molecule has 0 radical (unpaired) electrons. The van der Waals surface area contributed by atoms with Gasteiger partial charge in [-0.1, -0.05) is 18.2 Å². The van der Waals surface area contributed by atoms with E-state index in [1.807, 2.05) is 36.4 Å². The molecular weight excluding hydrogens is 228 g/mol. The Bertz CT molecular complexity index is 573. The maximum Gasteiger partial charge on any atom is 0.134 e. The van der Waals surface area contributed by atoms with E-state index in [9.17, 15) is 5.11 Å². The third-order valence-corrected chi connectivity index (χ3v) is 3.30. The zero-order valence-electron chi connectivity index (χ0n) is 9.97. The molecule has 1 N–H and O–H groups in total. The lowest BCUT2D eigenvalue weighted by molar-refractivity contribution is -0.0992. The van der Waals surface area contributed by atoms with Gasteiger partial charge in [0.2, 0.25) is 0 Å². The molecule has 4 nitrogen and oxygen atoms in total. The van der Waals surface area contributed by atoms with Gasteiger partial charge in [0.25, 0.3) is 0 Å². The summed E-state index contributed by atoms with van der Waals surface area (Å²) in [5.74, 6) is 0.898. The first-order valence-corrected chi connectivity index (χ1v) is 5.98. The Labute approximate surface area is 105 Å². The molecule has 3 rings (SSSR count). The van der Waals surface area contributed by atoms with Crippen LogP contribution in [0, 0.1) is 11.3 Å². The Balaban J connectivity index is 1.66. The fourth-order valence-electron chi connectivity index (χ4n) is 2.49. The summed E-state index contributed by atoms with van der Waals surface area (Å²) in [6.07, 6.45) is 0.198. The predicted octanol–water partition coefficient (Wildman–Crippen LogP) is 1.89. The molecule has 92 valence electrons. The summed E-state index contributed by atoms with van der Waals surface area (Å²) in [5, 5.41) is 19.6. The lowest BCUT2D eigenvalue weighted by Crippen LogP contribution is -2.60. The SMILES string of the molecule is N#CCC1(O)CN(Cc2cc3ccccc3o2)C1. The van der Waals surface area contributed by atoms with Gasteiger partial charge in [-0.3, -0.25) is 4.90 Å². The fraction of sp³-hybridized carbons (Fsp3) is 0.357. The van der Waals surface area contributed by atoms with E-state index in [-0.39, 0.29) is 6.42 Å². The normalized spacial score (nSPS) is 18.4. The number of para-hydroxylation sites is 1. The number of nitrogens with zero attached hydrogens (tertiary/aromatic N) is 2. The molecule has 1 aliphatic rings. The molecule has 1 aromatic heterocycles. The van der Waals surface area contributed by atoms with E-state index < -0.39 is 5.60 Å². The number of rotatable bonds is 3. The zero-order valence-corrected chi connectivity index (χ0v) is 9.97. The van der Waals surface area contributed by atoms with Gasteiger partial charge in [0, 0.05) is 18.5 Å². The van der Waals surface area contributed by atoms with E-state index in [2.05, 4.69) is 4.90 Å². The Kier molecular flexibility index (Phi) is 2.58. The van der Waals surface area contributed by atoms with Crippen molar-refractivity contribution in [2.24, 2.45) is 0 Å². The number of hydrogen-bond donors (Lipinski definition) is 1. The molecule has 0 spiro atoms. The van der Waals surface area contributed by atoms with Gasteiger partial charge in [-0.2, -0.15) is 5.26 Å². The molecule has 18 heavy (non-hydrogen) atoms. The second kappa shape index (κ2) is 4.13. The summed E-state index contributed by atoms with van der Waals surface area (Å²) in [5.41, 5.74) is 0.0705. The minimum atomic E-state index is -0.819. The van der Waals surface area contributed by atoms with Gasteiger partial charge < -0.3 is 9.52 Å². The molecule has 0 aliphatic carbocycles. The average Bonchev–Trinajstić information content (AvgIpc) is 2.69. The van der Waals surface area contributed by atoms with Crippen LogP contribution in [-0.4, -0.2) is 28.7 Å². The van der Waals surface area contributed by atoms with E-state index in [1.54, 1.807) is 0 Å². The van der Waals surface area contributed by atoms with Crippen molar-refractivity contribution < 1.29 is 9.52 Å². The Morgan fingerprint density at radius 3 is 2.89 bits per heavy atom. The van der Waals surface area contributed by atoms with Crippen LogP contribution in [0.2, 0.25) is 0 Å². The average molecular weight is 242 g/mol. The largest absolute Gasteiger partial charge is 0.460 e. The number of aliphatic hydroxyl groups is 1. The molecule has 1 fully saturated rings. The quantitative estimate of drug-likeness (QED) is 0.892. The molecule has 2 aromatic rings. The first kappa shape index (κ1) is 11.3. The maximum atomic E-state index is 9.90. The van der Waals surface area contributed by atoms with E-state index in [1.165, 1.54) is 0 Å².